The molecule has 2 rings (SSSR count). The normalized spacial score (nSPS) is 18.8. The van der Waals surface area contributed by atoms with Crippen LogP contribution in [0, 0.1) is 13.8 Å². The predicted octanol–water partition coefficient (Wildman–Crippen LogP) is 1.54. The van der Waals surface area contributed by atoms with E-state index in [0.717, 1.165) is 16.8 Å². The molecule has 1 aliphatic heterocycles. The Morgan fingerprint density at radius 3 is 2.22 bits per heavy atom. The van der Waals surface area contributed by atoms with Gasteiger partial charge in [-0.1, -0.05) is 6.07 Å². The number of aryl methyl sites for hydroxylation is 2. The number of rotatable bonds is 1. The number of amides is 2. The van der Waals surface area contributed by atoms with Gasteiger partial charge in [0.2, 0.25) is 5.91 Å². The van der Waals surface area contributed by atoms with Crippen molar-refractivity contribution in [1.82, 2.24) is 5.32 Å². The van der Waals surface area contributed by atoms with Gasteiger partial charge < -0.3 is 10.2 Å². The molecule has 4 nitrogen and oxygen atoms in total. The minimum atomic E-state index is -0.840. The fraction of sp³-hybridized carbons (Fsp3) is 0.429. The zero-order valence-electron chi connectivity index (χ0n) is 11.2. The monoisotopic (exact) mass is 246 g/mol. The summed E-state index contributed by atoms with van der Waals surface area (Å²) in [5, 5.41) is 2.70. The van der Waals surface area contributed by atoms with Crippen molar-refractivity contribution in [3.8, 4) is 0 Å². The summed E-state index contributed by atoms with van der Waals surface area (Å²) in [6.45, 7) is 7.50. The lowest BCUT2D eigenvalue weighted by atomic mass is 9.99. The molecule has 2 amide bonds. The average molecular weight is 246 g/mol. The lowest BCUT2D eigenvalue weighted by molar-refractivity contribution is -0.134. The SMILES string of the molecule is Cc1cc(C)cc(N2CC(=O)NC(C)(C)C2=O)c1. The third-order valence-corrected chi connectivity index (χ3v) is 3.05. The van der Waals surface area contributed by atoms with Crippen LogP contribution in [-0.2, 0) is 9.59 Å². The van der Waals surface area contributed by atoms with Gasteiger partial charge >= 0.3 is 0 Å². The van der Waals surface area contributed by atoms with Crippen molar-refractivity contribution >= 4 is 17.5 Å². The quantitative estimate of drug-likeness (QED) is 0.817. The number of benzene rings is 1. The molecular formula is C14H18N2O2. The molecule has 0 aromatic heterocycles. The van der Waals surface area contributed by atoms with Gasteiger partial charge in [-0.05, 0) is 51.0 Å². The third-order valence-electron chi connectivity index (χ3n) is 3.05. The van der Waals surface area contributed by atoms with Crippen LogP contribution in [-0.4, -0.2) is 23.9 Å². The molecule has 1 N–H and O–H groups in total. The zero-order valence-corrected chi connectivity index (χ0v) is 11.2. The molecule has 18 heavy (non-hydrogen) atoms. The Morgan fingerprint density at radius 2 is 1.67 bits per heavy atom. The van der Waals surface area contributed by atoms with Gasteiger partial charge in [0.15, 0.2) is 0 Å². The van der Waals surface area contributed by atoms with Crippen LogP contribution in [0.5, 0.6) is 0 Å². The van der Waals surface area contributed by atoms with Crippen LogP contribution in [0.15, 0.2) is 18.2 Å². The standard InChI is InChI=1S/C14H18N2O2/c1-9-5-10(2)7-11(6-9)16-8-12(17)15-14(3,4)13(16)18/h5-7H,8H2,1-4H3,(H,15,17). The highest BCUT2D eigenvalue weighted by molar-refractivity contribution is 6.08. The Morgan fingerprint density at radius 1 is 1.11 bits per heavy atom. The Kier molecular flexibility index (Phi) is 2.89. The van der Waals surface area contributed by atoms with Gasteiger partial charge in [0.1, 0.15) is 12.1 Å². The first-order valence-electron chi connectivity index (χ1n) is 6.01. The Labute approximate surface area is 107 Å². The largest absolute Gasteiger partial charge is 0.341 e. The average Bonchev–Trinajstić information content (AvgIpc) is 2.21. The Balaban J connectivity index is 2.42. The minimum absolute atomic E-state index is 0.0768. The third kappa shape index (κ3) is 2.23. The van der Waals surface area contributed by atoms with Crippen molar-refractivity contribution in [2.24, 2.45) is 0 Å². The highest BCUT2D eigenvalue weighted by Crippen LogP contribution is 2.23. The molecular weight excluding hydrogens is 228 g/mol. The van der Waals surface area contributed by atoms with E-state index < -0.39 is 5.54 Å². The molecule has 0 aliphatic carbocycles. The Bertz CT molecular complexity index is 500. The summed E-state index contributed by atoms with van der Waals surface area (Å²) in [7, 11) is 0. The molecule has 1 aliphatic rings. The molecule has 0 saturated carbocycles. The van der Waals surface area contributed by atoms with E-state index in [4.69, 9.17) is 0 Å². The van der Waals surface area contributed by atoms with Crippen molar-refractivity contribution in [3.05, 3.63) is 29.3 Å². The zero-order chi connectivity index (χ0) is 13.5. The predicted molar refractivity (Wildman–Crippen MR) is 70.5 cm³/mol. The van der Waals surface area contributed by atoms with Gasteiger partial charge in [-0.3, -0.25) is 9.59 Å². The van der Waals surface area contributed by atoms with Crippen LogP contribution in [0.4, 0.5) is 5.69 Å². The van der Waals surface area contributed by atoms with Crippen molar-refractivity contribution in [2.45, 2.75) is 33.2 Å². The highest BCUT2D eigenvalue weighted by atomic mass is 16.2. The van der Waals surface area contributed by atoms with Crippen LogP contribution in [0.3, 0.4) is 0 Å². The van der Waals surface area contributed by atoms with Crippen molar-refractivity contribution in [2.75, 3.05) is 11.4 Å². The van der Waals surface area contributed by atoms with Gasteiger partial charge in [0.25, 0.3) is 5.91 Å². The molecule has 96 valence electrons. The summed E-state index contributed by atoms with van der Waals surface area (Å²) in [6, 6.07) is 5.91. The molecule has 4 heteroatoms. The van der Waals surface area contributed by atoms with Crippen molar-refractivity contribution in [3.63, 3.8) is 0 Å². The van der Waals surface area contributed by atoms with Crippen LogP contribution in [0.2, 0.25) is 0 Å². The lowest BCUT2D eigenvalue weighted by Crippen LogP contribution is -2.64. The molecule has 0 bridgehead atoms. The maximum atomic E-state index is 12.3. The smallest absolute Gasteiger partial charge is 0.252 e. The van der Waals surface area contributed by atoms with Gasteiger partial charge in [-0.15, -0.1) is 0 Å². The van der Waals surface area contributed by atoms with E-state index in [2.05, 4.69) is 5.32 Å². The second-order valence-electron chi connectivity index (χ2n) is 5.41. The summed E-state index contributed by atoms with van der Waals surface area (Å²) < 4.78 is 0. The molecule has 1 fully saturated rings. The fourth-order valence-electron chi connectivity index (χ4n) is 2.31. The van der Waals surface area contributed by atoms with Gasteiger partial charge in [0, 0.05) is 5.69 Å². The number of nitrogens with zero attached hydrogens (tertiary/aromatic N) is 1. The molecule has 1 aromatic rings. The van der Waals surface area contributed by atoms with Gasteiger partial charge in [-0.2, -0.15) is 0 Å². The van der Waals surface area contributed by atoms with E-state index in [-0.39, 0.29) is 18.4 Å². The maximum absolute atomic E-state index is 12.3. The molecule has 0 spiro atoms. The summed E-state index contributed by atoms with van der Waals surface area (Å²) in [4.78, 5) is 25.6. The topological polar surface area (TPSA) is 49.4 Å². The highest BCUT2D eigenvalue weighted by Gasteiger charge is 2.39. The first-order chi connectivity index (χ1) is 8.29. The molecule has 1 heterocycles. The minimum Gasteiger partial charge on any atom is -0.341 e. The number of piperazine rings is 1. The number of hydrogen-bond donors (Lipinski definition) is 1. The summed E-state index contributed by atoms with van der Waals surface area (Å²) in [5.74, 6) is -0.203. The molecule has 0 unspecified atom stereocenters. The molecule has 0 atom stereocenters. The first kappa shape index (κ1) is 12.6. The van der Waals surface area contributed by atoms with Crippen molar-refractivity contribution in [1.29, 1.82) is 0 Å². The van der Waals surface area contributed by atoms with E-state index in [1.54, 1.807) is 18.7 Å². The van der Waals surface area contributed by atoms with Crippen LogP contribution in [0.1, 0.15) is 25.0 Å². The van der Waals surface area contributed by atoms with E-state index in [0.29, 0.717) is 0 Å². The number of anilines is 1. The molecule has 1 saturated heterocycles. The van der Waals surface area contributed by atoms with Gasteiger partial charge in [-0.25, -0.2) is 0 Å². The summed E-state index contributed by atoms with van der Waals surface area (Å²) in [6.07, 6.45) is 0. The summed E-state index contributed by atoms with van der Waals surface area (Å²) in [5.41, 5.74) is 2.12. The van der Waals surface area contributed by atoms with Gasteiger partial charge in [0.05, 0.1) is 0 Å². The maximum Gasteiger partial charge on any atom is 0.252 e. The lowest BCUT2D eigenvalue weighted by Gasteiger charge is -2.37. The van der Waals surface area contributed by atoms with Crippen LogP contribution < -0.4 is 10.2 Å². The van der Waals surface area contributed by atoms with Crippen LogP contribution >= 0.6 is 0 Å². The number of nitrogens with one attached hydrogen (secondary N) is 1. The van der Waals surface area contributed by atoms with E-state index >= 15 is 0 Å². The first-order valence-corrected chi connectivity index (χ1v) is 6.01. The van der Waals surface area contributed by atoms with Crippen LogP contribution in [0.25, 0.3) is 0 Å². The molecule has 1 aromatic carbocycles. The van der Waals surface area contributed by atoms with Crippen molar-refractivity contribution < 1.29 is 9.59 Å². The van der Waals surface area contributed by atoms with E-state index in [1.807, 2.05) is 32.0 Å². The second-order valence-corrected chi connectivity index (χ2v) is 5.41. The van der Waals surface area contributed by atoms with E-state index in [1.165, 1.54) is 0 Å². The number of hydrogen-bond acceptors (Lipinski definition) is 2. The second kappa shape index (κ2) is 4.12. The summed E-state index contributed by atoms with van der Waals surface area (Å²) >= 11 is 0. The number of carbonyl (C=O) groups excluding carboxylic acids is 2. The van der Waals surface area contributed by atoms with E-state index in [9.17, 15) is 9.59 Å². The molecule has 0 radical (unpaired) electrons. The Hall–Kier alpha value is -1.84. The fourth-order valence-corrected chi connectivity index (χ4v) is 2.31. The number of carbonyl (C=O) groups is 2.